The second-order valence-corrected chi connectivity index (χ2v) is 12.7. The second-order valence-electron chi connectivity index (χ2n) is 7.90. The van der Waals surface area contributed by atoms with Crippen molar-refractivity contribution in [3.05, 3.63) is 18.7 Å². The third-order valence-electron chi connectivity index (χ3n) is 4.90. The standard InChI is InChI=1S/C18H36N2OSi/c1-7-8-9-10-11-12-13-17(20-15-14-19-16-20)21-22(5,6)18(2,3)4/h14-17H,7-13H2,1-6H3. The van der Waals surface area contributed by atoms with E-state index < -0.39 is 8.32 Å². The molecule has 0 aliphatic heterocycles. The van der Waals surface area contributed by atoms with Gasteiger partial charge >= 0.3 is 0 Å². The molecule has 0 saturated heterocycles. The topological polar surface area (TPSA) is 27.1 Å². The van der Waals surface area contributed by atoms with Crippen LogP contribution in [-0.2, 0) is 4.43 Å². The highest BCUT2D eigenvalue weighted by molar-refractivity contribution is 6.74. The molecule has 0 aromatic carbocycles. The summed E-state index contributed by atoms with van der Waals surface area (Å²) in [4.78, 5) is 4.20. The molecule has 1 aromatic rings. The number of nitrogens with zero attached hydrogens (tertiary/aromatic N) is 2. The molecule has 0 N–H and O–H groups in total. The van der Waals surface area contributed by atoms with Gasteiger partial charge in [-0.2, -0.15) is 0 Å². The van der Waals surface area contributed by atoms with Crippen molar-refractivity contribution in [1.82, 2.24) is 9.55 Å². The van der Waals surface area contributed by atoms with Gasteiger partial charge in [0.2, 0.25) is 0 Å². The molecule has 0 aliphatic carbocycles. The Morgan fingerprint density at radius 1 is 1.09 bits per heavy atom. The fourth-order valence-corrected chi connectivity index (χ4v) is 3.60. The number of hydrogen-bond acceptors (Lipinski definition) is 2. The molecule has 0 amide bonds. The van der Waals surface area contributed by atoms with E-state index in [1.54, 1.807) is 0 Å². The smallest absolute Gasteiger partial charge is 0.194 e. The molecule has 3 nitrogen and oxygen atoms in total. The fourth-order valence-electron chi connectivity index (χ4n) is 2.32. The van der Waals surface area contributed by atoms with Crippen molar-refractivity contribution >= 4 is 8.32 Å². The number of imidazole rings is 1. The van der Waals surface area contributed by atoms with Crippen molar-refractivity contribution in [2.45, 2.75) is 97.0 Å². The van der Waals surface area contributed by atoms with Crippen molar-refractivity contribution in [2.24, 2.45) is 0 Å². The van der Waals surface area contributed by atoms with Crippen LogP contribution in [0.5, 0.6) is 0 Å². The summed E-state index contributed by atoms with van der Waals surface area (Å²) in [6, 6.07) is 0. The maximum Gasteiger partial charge on any atom is 0.194 e. The van der Waals surface area contributed by atoms with E-state index in [2.05, 4.69) is 50.3 Å². The first kappa shape index (κ1) is 19.4. The quantitative estimate of drug-likeness (QED) is 0.381. The molecule has 0 fully saturated rings. The van der Waals surface area contributed by atoms with Gasteiger partial charge in [-0.1, -0.05) is 59.8 Å². The molecule has 4 heteroatoms. The van der Waals surface area contributed by atoms with Crippen LogP contribution in [0.15, 0.2) is 18.7 Å². The summed E-state index contributed by atoms with van der Waals surface area (Å²) in [5.74, 6) is 0. The molecule has 0 aliphatic rings. The Morgan fingerprint density at radius 3 is 2.27 bits per heavy atom. The highest BCUT2D eigenvalue weighted by atomic mass is 28.4. The van der Waals surface area contributed by atoms with Crippen LogP contribution in [0.2, 0.25) is 18.1 Å². The van der Waals surface area contributed by atoms with Gasteiger partial charge in [-0.3, -0.25) is 0 Å². The first-order valence-corrected chi connectivity index (χ1v) is 11.8. The summed E-state index contributed by atoms with van der Waals surface area (Å²) in [5.41, 5.74) is 0. The van der Waals surface area contributed by atoms with Gasteiger partial charge in [0.25, 0.3) is 0 Å². The number of unbranched alkanes of at least 4 members (excludes halogenated alkanes) is 5. The molecule has 1 aromatic heterocycles. The van der Waals surface area contributed by atoms with Crippen molar-refractivity contribution < 1.29 is 4.43 Å². The van der Waals surface area contributed by atoms with Crippen LogP contribution in [0.25, 0.3) is 0 Å². The Kier molecular flexibility index (Phi) is 7.84. The molecular weight excluding hydrogens is 288 g/mol. The van der Waals surface area contributed by atoms with Crippen LogP contribution in [0.3, 0.4) is 0 Å². The molecule has 1 rings (SSSR count). The van der Waals surface area contributed by atoms with Crippen molar-refractivity contribution in [2.75, 3.05) is 0 Å². The summed E-state index contributed by atoms with van der Waals surface area (Å²) in [5, 5.41) is 0.243. The lowest BCUT2D eigenvalue weighted by Gasteiger charge is -2.39. The minimum atomic E-state index is -1.75. The largest absolute Gasteiger partial charge is 0.397 e. The minimum Gasteiger partial charge on any atom is -0.397 e. The molecular formula is C18H36N2OSi. The SMILES string of the molecule is CCCCCCCCC(O[Si](C)(C)C(C)(C)C)n1ccnc1. The summed E-state index contributed by atoms with van der Waals surface area (Å²) >= 11 is 0. The van der Waals surface area contributed by atoms with Crippen LogP contribution in [0, 0.1) is 0 Å². The third-order valence-corrected chi connectivity index (χ3v) is 9.37. The predicted molar refractivity (Wildman–Crippen MR) is 97.5 cm³/mol. The van der Waals surface area contributed by atoms with Crippen LogP contribution in [-0.4, -0.2) is 17.9 Å². The van der Waals surface area contributed by atoms with Crippen LogP contribution < -0.4 is 0 Å². The van der Waals surface area contributed by atoms with Gasteiger partial charge in [0, 0.05) is 12.4 Å². The molecule has 0 saturated carbocycles. The Morgan fingerprint density at radius 2 is 1.73 bits per heavy atom. The summed E-state index contributed by atoms with van der Waals surface area (Å²) < 4.78 is 8.78. The lowest BCUT2D eigenvalue weighted by molar-refractivity contribution is 0.101. The lowest BCUT2D eigenvalue weighted by Crippen LogP contribution is -2.42. The van der Waals surface area contributed by atoms with Crippen LogP contribution >= 0.6 is 0 Å². The number of aromatic nitrogens is 2. The Labute approximate surface area is 138 Å². The Balaban J connectivity index is 2.55. The molecule has 1 atom stereocenters. The van der Waals surface area contributed by atoms with E-state index >= 15 is 0 Å². The maximum atomic E-state index is 6.64. The van der Waals surface area contributed by atoms with Gasteiger partial charge in [0.05, 0.1) is 6.33 Å². The first-order chi connectivity index (χ1) is 10.3. The zero-order chi connectivity index (χ0) is 16.6. The second kappa shape index (κ2) is 8.87. The normalized spacial score (nSPS) is 14.3. The first-order valence-electron chi connectivity index (χ1n) is 8.93. The summed E-state index contributed by atoms with van der Waals surface area (Å²) in [6.45, 7) is 13.8. The number of hydrogen-bond donors (Lipinski definition) is 0. The highest BCUT2D eigenvalue weighted by Crippen LogP contribution is 2.39. The van der Waals surface area contributed by atoms with E-state index in [0.717, 1.165) is 6.42 Å². The minimum absolute atomic E-state index is 0.148. The van der Waals surface area contributed by atoms with Gasteiger partial charge < -0.3 is 8.99 Å². The van der Waals surface area contributed by atoms with Gasteiger partial charge in [0.1, 0.15) is 6.23 Å². The van der Waals surface area contributed by atoms with Gasteiger partial charge in [-0.05, 0) is 31.0 Å². The van der Waals surface area contributed by atoms with E-state index in [0.29, 0.717) is 0 Å². The van der Waals surface area contributed by atoms with Crippen LogP contribution in [0.4, 0.5) is 0 Å². The molecule has 0 spiro atoms. The average Bonchev–Trinajstić information content (AvgIpc) is 2.94. The average molecular weight is 325 g/mol. The predicted octanol–water partition coefficient (Wildman–Crippen LogP) is 6.15. The monoisotopic (exact) mass is 324 g/mol. The lowest BCUT2D eigenvalue weighted by atomic mass is 10.1. The maximum absolute atomic E-state index is 6.64. The summed E-state index contributed by atoms with van der Waals surface area (Å²) in [7, 11) is -1.75. The van der Waals surface area contributed by atoms with E-state index in [9.17, 15) is 0 Å². The highest BCUT2D eigenvalue weighted by Gasteiger charge is 2.39. The molecule has 1 unspecified atom stereocenters. The van der Waals surface area contributed by atoms with E-state index in [4.69, 9.17) is 4.43 Å². The molecule has 22 heavy (non-hydrogen) atoms. The van der Waals surface area contributed by atoms with E-state index in [-0.39, 0.29) is 11.3 Å². The van der Waals surface area contributed by atoms with Crippen molar-refractivity contribution in [3.63, 3.8) is 0 Å². The van der Waals surface area contributed by atoms with E-state index in [1.807, 2.05) is 18.7 Å². The molecule has 128 valence electrons. The zero-order valence-corrected chi connectivity index (χ0v) is 16.6. The van der Waals surface area contributed by atoms with E-state index in [1.165, 1.54) is 38.5 Å². The Hall–Kier alpha value is -0.613. The van der Waals surface area contributed by atoms with Crippen molar-refractivity contribution in [3.8, 4) is 0 Å². The molecule has 1 heterocycles. The van der Waals surface area contributed by atoms with Crippen molar-refractivity contribution in [1.29, 1.82) is 0 Å². The van der Waals surface area contributed by atoms with Gasteiger partial charge in [0.15, 0.2) is 8.32 Å². The Bertz CT molecular complexity index is 396. The van der Waals surface area contributed by atoms with Crippen LogP contribution in [0.1, 0.15) is 78.9 Å². The zero-order valence-electron chi connectivity index (χ0n) is 15.6. The van der Waals surface area contributed by atoms with Gasteiger partial charge in [-0.25, -0.2) is 4.98 Å². The fraction of sp³-hybridized carbons (Fsp3) is 0.833. The number of rotatable bonds is 10. The molecule has 0 bridgehead atoms. The third kappa shape index (κ3) is 6.25. The van der Waals surface area contributed by atoms with Gasteiger partial charge in [-0.15, -0.1) is 0 Å². The summed E-state index contributed by atoms with van der Waals surface area (Å²) in [6.07, 6.45) is 15.0. The molecule has 0 radical (unpaired) electrons.